The number of hydrogen-bond donors (Lipinski definition) is 1. The van der Waals surface area contributed by atoms with Crippen molar-refractivity contribution in [3.05, 3.63) is 58.7 Å². The highest BCUT2D eigenvalue weighted by Crippen LogP contribution is 2.22. The molecule has 31 heavy (non-hydrogen) atoms. The van der Waals surface area contributed by atoms with E-state index in [2.05, 4.69) is 26.3 Å². The van der Waals surface area contributed by atoms with Gasteiger partial charge in [0, 0.05) is 22.9 Å². The predicted octanol–water partition coefficient (Wildman–Crippen LogP) is 3.41. The maximum absolute atomic E-state index is 11.3. The van der Waals surface area contributed by atoms with Crippen molar-refractivity contribution in [2.24, 2.45) is 21.5 Å². The van der Waals surface area contributed by atoms with Crippen LogP contribution in [-0.2, 0) is 16.1 Å². The molecule has 0 aliphatic heterocycles. The summed E-state index contributed by atoms with van der Waals surface area (Å²) in [5, 5.41) is 8.49. The Bertz CT molecular complexity index is 1010. The maximum atomic E-state index is 11.3. The molecule has 3 rings (SSSR count). The molecule has 0 saturated carbocycles. The highest BCUT2D eigenvalue weighted by atomic mass is 16.6. The Morgan fingerprint density at radius 2 is 1.97 bits per heavy atom. The Morgan fingerprint density at radius 3 is 2.74 bits per heavy atom. The zero-order valence-electron chi connectivity index (χ0n) is 18.5. The molecule has 8 nitrogen and oxygen atoms in total. The number of fused-ring (bicyclic) bond motifs is 1. The Hall–Kier alpha value is -3.29. The number of rotatable bonds is 8. The molecule has 0 bridgehead atoms. The van der Waals surface area contributed by atoms with Gasteiger partial charge in [-0.25, -0.2) is 0 Å². The molecule has 0 radical (unpaired) electrons. The first-order valence-electron chi connectivity index (χ1n) is 10.3. The standard InChI is InChI=1S/C23H29N5O3/c1-15-8-9-17-6-5-7-19(21(17)26-15)28-31-14-23(3,4)13-30-27-16(2)20-12-18(22(24)29)10-11-25-20/h8-12H,5-7,13-14H2,1-4H3,(H2,24,29)/b27-16+,28-19+. The first-order chi connectivity index (χ1) is 14.7. The zero-order valence-corrected chi connectivity index (χ0v) is 18.5. The van der Waals surface area contributed by atoms with Crippen molar-refractivity contribution >= 4 is 17.3 Å². The molecule has 164 valence electrons. The summed E-state index contributed by atoms with van der Waals surface area (Å²) in [6.07, 6.45) is 4.45. The highest BCUT2D eigenvalue weighted by Gasteiger charge is 2.22. The number of oxime groups is 2. The number of primary amides is 1. The van der Waals surface area contributed by atoms with Crippen LogP contribution in [0.5, 0.6) is 0 Å². The zero-order chi connectivity index (χ0) is 22.4. The van der Waals surface area contributed by atoms with E-state index in [9.17, 15) is 4.79 Å². The number of aryl methyl sites for hydroxylation is 2. The van der Waals surface area contributed by atoms with Crippen LogP contribution < -0.4 is 5.73 Å². The van der Waals surface area contributed by atoms with Gasteiger partial charge in [-0.15, -0.1) is 0 Å². The van der Waals surface area contributed by atoms with Crippen molar-refractivity contribution in [2.75, 3.05) is 13.2 Å². The van der Waals surface area contributed by atoms with Gasteiger partial charge in [0.15, 0.2) is 0 Å². The van der Waals surface area contributed by atoms with Crippen LogP contribution in [0.4, 0.5) is 0 Å². The Morgan fingerprint density at radius 1 is 1.19 bits per heavy atom. The minimum atomic E-state index is -0.511. The van der Waals surface area contributed by atoms with Crippen molar-refractivity contribution in [2.45, 2.75) is 47.0 Å². The summed E-state index contributed by atoms with van der Waals surface area (Å²) >= 11 is 0. The first kappa shape index (κ1) is 22.4. The lowest BCUT2D eigenvalue weighted by Gasteiger charge is -2.22. The van der Waals surface area contributed by atoms with E-state index < -0.39 is 5.91 Å². The van der Waals surface area contributed by atoms with Crippen LogP contribution in [0.25, 0.3) is 0 Å². The lowest BCUT2D eigenvalue weighted by Crippen LogP contribution is -2.24. The topological polar surface area (TPSA) is 112 Å². The fourth-order valence-corrected chi connectivity index (χ4v) is 3.15. The molecule has 0 fully saturated rings. The molecule has 2 aromatic rings. The number of carbonyl (C=O) groups is 1. The number of nitrogens with two attached hydrogens (primary N) is 1. The number of carbonyl (C=O) groups excluding carboxylic acids is 1. The molecule has 8 heteroatoms. The summed E-state index contributed by atoms with van der Waals surface area (Å²) < 4.78 is 0. The predicted molar refractivity (Wildman–Crippen MR) is 119 cm³/mol. The monoisotopic (exact) mass is 423 g/mol. The molecule has 0 unspecified atom stereocenters. The normalized spacial score (nSPS) is 15.5. The highest BCUT2D eigenvalue weighted by molar-refractivity contribution is 6.01. The molecule has 1 aliphatic carbocycles. The summed E-state index contributed by atoms with van der Waals surface area (Å²) in [5.74, 6) is -0.511. The van der Waals surface area contributed by atoms with Crippen LogP contribution in [0, 0.1) is 12.3 Å². The molecule has 2 heterocycles. The van der Waals surface area contributed by atoms with Gasteiger partial charge in [-0.3, -0.25) is 14.8 Å². The van der Waals surface area contributed by atoms with Gasteiger partial charge in [-0.1, -0.05) is 30.2 Å². The van der Waals surface area contributed by atoms with E-state index in [-0.39, 0.29) is 5.41 Å². The van der Waals surface area contributed by atoms with Crippen molar-refractivity contribution in [1.82, 2.24) is 9.97 Å². The summed E-state index contributed by atoms with van der Waals surface area (Å²) in [7, 11) is 0. The van der Waals surface area contributed by atoms with Crippen molar-refractivity contribution < 1.29 is 14.5 Å². The van der Waals surface area contributed by atoms with Crippen LogP contribution in [0.15, 0.2) is 40.8 Å². The smallest absolute Gasteiger partial charge is 0.248 e. The molecule has 0 spiro atoms. The number of aromatic nitrogens is 2. The minimum Gasteiger partial charge on any atom is -0.395 e. The van der Waals surface area contributed by atoms with E-state index in [4.69, 9.17) is 15.4 Å². The molecule has 1 aliphatic rings. The molecule has 0 atom stereocenters. The Kier molecular flexibility index (Phi) is 6.99. The number of pyridine rings is 2. The Balaban J connectivity index is 1.56. The van der Waals surface area contributed by atoms with E-state index in [1.807, 2.05) is 26.8 Å². The summed E-state index contributed by atoms with van der Waals surface area (Å²) in [5.41, 5.74) is 10.5. The average molecular weight is 424 g/mol. The van der Waals surface area contributed by atoms with Gasteiger partial charge in [0.1, 0.15) is 24.6 Å². The maximum Gasteiger partial charge on any atom is 0.248 e. The number of amides is 1. The molecule has 2 aromatic heterocycles. The van der Waals surface area contributed by atoms with E-state index in [0.29, 0.717) is 30.2 Å². The van der Waals surface area contributed by atoms with E-state index in [0.717, 1.165) is 36.4 Å². The van der Waals surface area contributed by atoms with Crippen molar-refractivity contribution in [1.29, 1.82) is 0 Å². The third kappa shape index (κ3) is 6.10. The third-order valence-electron chi connectivity index (χ3n) is 4.95. The SMILES string of the molecule is C/C(=N\OCC(C)(C)CO/N=C1\CCCc2ccc(C)nc21)c1cc(C(N)=O)ccn1. The molecule has 0 aromatic carbocycles. The fraction of sp³-hybridized carbons (Fsp3) is 0.435. The van der Waals surface area contributed by atoms with Crippen LogP contribution in [-0.4, -0.2) is 40.5 Å². The molecule has 0 saturated heterocycles. The van der Waals surface area contributed by atoms with Crippen LogP contribution in [0.1, 0.15) is 66.6 Å². The van der Waals surface area contributed by atoms with Crippen molar-refractivity contribution in [3.8, 4) is 0 Å². The third-order valence-corrected chi connectivity index (χ3v) is 4.95. The summed E-state index contributed by atoms with van der Waals surface area (Å²) in [4.78, 5) is 31.3. The Labute approximate surface area is 182 Å². The lowest BCUT2D eigenvalue weighted by molar-refractivity contribution is -0.000158. The summed E-state index contributed by atoms with van der Waals surface area (Å²) in [6, 6.07) is 7.31. The molecule has 2 N–H and O–H groups in total. The lowest BCUT2D eigenvalue weighted by atomic mass is 9.94. The van der Waals surface area contributed by atoms with E-state index in [1.54, 1.807) is 19.1 Å². The molecule has 1 amide bonds. The second-order valence-corrected chi connectivity index (χ2v) is 8.53. The summed E-state index contributed by atoms with van der Waals surface area (Å²) in [6.45, 7) is 8.48. The largest absolute Gasteiger partial charge is 0.395 e. The van der Waals surface area contributed by atoms with Gasteiger partial charge in [-0.05, 0) is 56.9 Å². The first-order valence-corrected chi connectivity index (χ1v) is 10.3. The minimum absolute atomic E-state index is 0.312. The van der Waals surface area contributed by atoms with Gasteiger partial charge in [0.2, 0.25) is 5.91 Å². The fourth-order valence-electron chi connectivity index (χ4n) is 3.15. The van der Waals surface area contributed by atoms with Gasteiger partial charge in [-0.2, -0.15) is 0 Å². The van der Waals surface area contributed by atoms with Crippen LogP contribution >= 0.6 is 0 Å². The van der Waals surface area contributed by atoms with Crippen molar-refractivity contribution in [3.63, 3.8) is 0 Å². The van der Waals surface area contributed by atoms with Gasteiger partial charge in [0.25, 0.3) is 0 Å². The number of nitrogens with zero attached hydrogens (tertiary/aromatic N) is 4. The van der Waals surface area contributed by atoms with Crippen LogP contribution in [0.2, 0.25) is 0 Å². The van der Waals surface area contributed by atoms with Gasteiger partial charge < -0.3 is 15.4 Å². The number of hydrogen-bond acceptors (Lipinski definition) is 7. The second-order valence-electron chi connectivity index (χ2n) is 8.53. The quantitative estimate of drug-likeness (QED) is 0.516. The second kappa shape index (κ2) is 9.68. The van der Waals surface area contributed by atoms with Gasteiger partial charge in [0.05, 0.1) is 11.4 Å². The van der Waals surface area contributed by atoms with E-state index >= 15 is 0 Å². The van der Waals surface area contributed by atoms with E-state index in [1.165, 1.54) is 11.8 Å². The van der Waals surface area contributed by atoms with Crippen LogP contribution in [0.3, 0.4) is 0 Å². The molecular weight excluding hydrogens is 394 g/mol. The molecular formula is C23H29N5O3. The average Bonchev–Trinajstić information content (AvgIpc) is 2.73. The van der Waals surface area contributed by atoms with Gasteiger partial charge >= 0.3 is 0 Å².